The standard InChI is InChI=1S/C18H33F2N3O13/c19-17(3-26)18(20,31)13(29)8(23)16(36-17)35-12-5(2-25)33-15(7(22)10(12)28)34-11-4(1-24)32-14(30)6(21)9(11)27/h4-16,24-31H,1-3,21-23H2/t4-,5-,6-,7-,8-,9-,10-,11?,12?,13-,14-,15+,16+,17+,18-/m1/s1. The van der Waals surface area contributed by atoms with Gasteiger partial charge in [0.25, 0.3) is 11.7 Å². The predicted octanol–water partition coefficient (Wildman–Crippen LogP) is -7.08. The van der Waals surface area contributed by atoms with Gasteiger partial charge in [0, 0.05) is 0 Å². The number of hydrogen-bond acceptors (Lipinski definition) is 16. The maximum atomic E-state index is 14.7. The third kappa shape index (κ3) is 5.10. The fraction of sp³-hybridized carbons (Fsp3) is 1.00. The van der Waals surface area contributed by atoms with Crippen molar-refractivity contribution in [2.75, 3.05) is 19.8 Å². The Labute approximate surface area is 202 Å². The summed E-state index contributed by atoms with van der Waals surface area (Å²) in [5.41, 5.74) is 17.2. The number of alkyl halides is 2. The molecule has 0 bridgehead atoms. The molecule has 0 spiro atoms. The van der Waals surface area contributed by atoms with Crippen LogP contribution in [0.2, 0.25) is 0 Å². The van der Waals surface area contributed by atoms with Crippen molar-refractivity contribution in [1.82, 2.24) is 0 Å². The first-order valence-corrected chi connectivity index (χ1v) is 11.0. The maximum Gasteiger partial charge on any atom is 0.296 e. The molecule has 0 saturated carbocycles. The molecule has 3 fully saturated rings. The summed E-state index contributed by atoms with van der Waals surface area (Å²) < 4.78 is 55.1. The molecule has 0 aromatic heterocycles. The highest BCUT2D eigenvalue weighted by atomic mass is 19.2. The van der Waals surface area contributed by atoms with Gasteiger partial charge < -0.3 is 81.7 Å². The number of nitrogens with two attached hydrogens (primary N) is 3. The monoisotopic (exact) mass is 537 g/mol. The number of ether oxygens (including phenoxy) is 5. The zero-order valence-corrected chi connectivity index (χ0v) is 18.7. The van der Waals surface area contributed by atoms with Gasteiger partial charge in [-0.3, -0.25) is 0 Å². The topological polar surface area (TPSA) is 286 Å². The Hall–Kier alpha value is -0.780. The summed E-state index contributed by atoms with van der Waals surface area (Å²) in [5, 5.41) is 78.8. The molecule has 3 saturated heterocycles. The lowest BCUT2D eigenvalue weighted by molar-refractivity contribution is -0.431. The largest absolute Gasteiger partial charge is 0.394 e. The molecule has 3 aliphatic heterocycles. The lowest BCUT2D eigenvalue weighted by Gasteiger charge is -2.50. The SMILES string of the molecule is N[C@H]1[C@@H](OC2[C@@H](CO)O[C@@H](OC3[C@@H](CO)O[C@@H](O)[C@H](N)[C@H]3O)[C@H](N)[C@H]2O)O[C@@](F)(CO)[C@@](O)(F)[C@@H]1O. The predicted molar refractivity (Wildman–Crippen MR) is 107 cm³/mol. The molecule has 212 valence electrons. The van der Waals surface area contributed by atoms with Crippen LogP contribution in [0.4, 0.5) is 8.78 Å². The number of aliphatic hydroxyl groups excluding tert-OH is 7. The van der Waals surface area contributed by atoms with E-state index in [1.54, 1.807) is 0 Å². The van der Waals surface area contributed by atoms with Crippen LogP contribution in [0.5, 0.6) is 0 Å². The van der Waals surface area contributed by atoms with Gasteiger partial charge in [0.05, 0.1) is 31.3 Å². The highest BCUT2D eigenvalue weighted by molar-refractivity contribution is 5.03. The Kier molecular flexibility index (Phi) is 9.21. The molecule has 0 aromatic rings. The van der Waals surface area contributed by atoms with Gasteiger partial charge in [0.2, 0.25) is 0 Å². The lowest BCUT2D eigenvalue weighted by atomic mass is 9.92. The number of halogens is 2. The van der Waals surface area contributed by atoms with E-state index in [1.807, 2.05) is 0 Å². The van der Waals surface area contributed by atoms with Crippen LogP contribution >= 0.6 is 0 Å². The van der Waals surface area contributed by atoms with Crippen molar-refractivity contribution < 1.29 is 73.3 Å². The van der Waals surface area contributed by atoms with E-state index in [9.17, 15) is 44.5 Å². The summed E-state index contributed by atoms with van der Waals surface area (Å²) in [6.07, 6.45) is -17.2. The Morgan fingerprint density at radius 2 is 1.25 bits per heavy atom. The molecule has 16 nitrogen and oxygen atoms in total. The minimum atomic E-state index is -4.12. The molecular weight excluding hydrogens is 504 g/mol. The molecule has 15 atom stereocenters. The van der Waals surface area contributed by atoms with Crippen LogP contribution < -0.4 is 17.2 Å². The van der Waals surface area contributed by atoms with Gasteiger partial charge in [-0.1, -0.05) is 0 Å². The van der Waals surface area contributed by atoms with Gasteiger partial charge in [-0.25, -0.2) is 8.78 Å². The van der Waals surface area contributed by atoms with Crippen LogP contribution in [-0.2, 0) is 23.7 Å². The van der Waals surface area contributed by atoms with Crippen LogP contribution in [0.1, 0.15) is 0 Å². The second-order valence-corrected chi connectivity index (χ2v) is 8.88. The average Bonchev–Trinajstić information content (AvgIpc) is 2.85. The second-order valence-electron chi connectivity index (χ2n) is 8.88. The van der Waals surface area contributed by atoms with E-state index in [-0.39, 0.29) is 0 Å². The highest BCUT2D eigenvalue weighted by Crippen LogP contribution is 2.41. The Bertz CT molecular complexity index is 742. The molecule has 2 unspecified atom stereocenters. The van der Waals surface area contributed by atoms with Crippen molar-refractivity contribution in [3.63, 3.8) is 0 Å². The zero-order valence-electron chi connectivity index (χ0n) is 18.7. The highest BCUT2D eigenvalue weighted by Gasteiger charge is 2.67. The number of aliphatic hydroxyl groups is 8. The quantitative estimate of drug-likeness (QED) is 0.144. The molecule has 3 heterocycles. The molecular formula is C18H33F2N3O13. The number of rotatable bonds is 7. The molecule has 36 heavy (non-hydrogen) atoms. The molecule has 0 aliphatic carbocycles. The van der Waals surface area contributed by atoms with Crippen molar-refractivity contribution in [1.29, 1.82) is 0 Å². The van der Waals surface area contributed by atoms with Crippen molar-refractivity contribution >= 4 is 0 Å². The van der Waals surface area contributed by atoms with Gasteiger partial charge in [-0.2, -0.15) is 0 Å². The van der Waals surface area contributed by atoms with Crippen LogP contribution in [0.15, 0.2) is 0 Å². The third-order valence-electron chi connectivity index (χ3n) is 6.50. The van der Waals surface area contributed by atoms with Gasteiger partial charge in [0.1, 0.15) is 49.3 Å². The molecule has 18 heteroatoms. The van der Waals surface area contributed by atoms with Gasteiger partial charge >= 0.3 is 0 Å². The van der Waals surface area contributed by atoms with Crippen molar-refractivity contribution in [2.24, 2.45) is 17.2 Å². The Balaban J connectivity index is 1.76. The molecule has 0 amide bonds. The summed E-state index contributed by atoms with van der Waals surface area (Å²) >= 11 is 0. The first-order chi connectivity index (χ1) is 16.7. The first-order valence-electron chi connectivity index (χ1n) is 11.0. The van der Waals surface area contributed by atoms with Crippen LogP contribution in [0.3, 0.4) is 0 Å². The summed E-state index contributed by atoms with van der Waals surface area (Å²) in [5.74, 6) is -7.98. The Morgan fingerprint density at radius 3 is 1.78 bits per heavy atom. The van der Waals surface area contributed by atoms with Crippen molar-refractivity contribution in [3.05, 3.63) is 0 Å². The fourth-order valence-electron chi connectivity index (χ4n) is 4.19. The van der Waals surface area contributed by atoms with Crippen LogP contribution in [0, 0.1) is 0 Å². The van der Waals surface area contributed by atoms with E-state index in [0.29, 0.717) is 0 Å². The second kappa shape index (κ2) is 11.1. The molecule has 0 aromatic carbocycles. The summed E-state index contributed by atoms with van der Waals surface area (Å²) in [7, 11) is 0. The van der Waals surface area contributed by atoms with Gasteiger partial charge in [-0.15, -0.1) is 0 Å². The van der Waals surface area contributed by atoms with Crippen molar-refractivity contribution in [2.45, 2.75) is 91.4 Å². The summed E-state index contributed by atoms with van der Waals surface area (Å²) in [6.45, 7) is -3.35. The summed E-state index contributed by atoms with van der Waals surface area (Å²) in [6, 6.07) is -4.80. The average molecular weight is 537 g/mol. The Morgan fingerprint density at radius 1 is 0.750 bits per heavy atom. The smallest absolute Gasteiger partial charge is 0.296 e. The molecule has 14 N–H and O–H groups in total. The van der Waals surface area contributed by atoms with E-state index in [4.69, 9.17) is 41.3 Å². The molecule has 3 rings (SSSR count). The zero-order chi connectivity index (χ0) is 27.2. The molecule has 0 radical (unpaired) electrons. The fourth-order valence-corrected chi connectivity index (χ4v) is 4.19. The molecule has 3 aliphatic rings. The van der Waals surface area contributed by atoms with Crippen LogP contribution in [0.25, 0.3) is 0 Å². The lowest BCUT2D eigenvalue weighted by Crippen LogP contribution is -2.74. The maximum absolute atomic E-state index is 14.7. The number of hydrogen-bond donors (Lipinski definition) is 11. The van der Waals surface area contributed by atoms with E-state index < -0.39 is 111 Å². The van der Waals surface area contributed by atoms with E-state index in [1.165, 1.54) is 0 Å². The summed E-state index contributed by atoms with van der Waals surface area (Å²) in [4.78, 5) is 0. The van der Waals surface area contributed by atoms with Crippen molar-refractivity contribution in [3.8, 4) is 0 Å². The minimum absolute atomic E-state index is 0.721. The van der Waals surface area contributed by atoms with E-state index in [0.717, 1.165) is 0 Å². The van der Waals surface area contributed by atoms with Gasteiger partial charge in [0.15, 0.2) is 18.9 Å². The van der Waals surface area contributed by atoms with E-state index >= 15 is 0 Å². The van der Waals surface area contributed by atoms with E-state index in [2.05, 4.69) is 4.74 Å². The normalized spacial score (nSPS) is 54.4. The third-order valence-corrected chi connectivity index (χ3v) is 6.50. The minimum Gasteiger partial charge on any atom is -0.394 e. The first kappa shape index (κ1) is 29.8. The van der Waals surface area contributed by atoms with Gasteiger partial charge in [-0.05, 0) is 0 Å². The van der Waals surface area contributed by atoms with Crippen LogP contribution in [-0.4, -0.2) is 152 Å².